The molecule has 1 aliphatic carbocycles. The molecule has 3 atom stereocenters. The quantitative estimate of drug-likeness (QED) is 0.488. The van der Waals surface area contributed by atoms with Crippen LogP contribution >= 0.6 is 0 Å². The summed E-state index contributed by atoms with van der Waals surface area (Å²) in [7, 11) is 1.61. The molecule has 0 radical (unpaired) electrons. The molecule has 0 spiro atoms. The summed E-state index contributed by atoms with van der Waals surface area (Å²) in [6.07, 6.45) is 3.59. The number of ether oxygens (including phenoxy) is 1. The standard InChI is InChI=1S/C23H33FN2O3/c1-15(2)21-12-18(13-22(27)25-8-9-29-4)16(3)10-19(21)14-26-23(28)17-6-5-7-20(24)11-17/h5-7,10-11,15,18-19,21H,8-9,12-14H2,1-4H3,(H,25,27)(H,26,28)/t18-,19-,21-/m0/s1. The molecule has 0 unspecified atom stereocenters. The van der Waals surface area contributed by atoms with E-state index in [1.165, 1.54) is 23.8 Å². The minimum Gasteiger partial charge on any atom is -0.383 e. The molecule has 0 bridgehead atoms. The number of hydrogen-bond donors (Lipinski definition) is 2. The van der Waals surface area contributed by atoms with Crippen LogP contribution in [0.2, 0.25) is 0 Å². The number of methoxy groups -OCH3 is 1. The van der Waals surface area contributed by atoms with Gasteiger partial charge in [-0.05, 0) is 55.2 Å². The summed E-state index contributed by atoms with van der Waals surface area (Å²) in [4.78, 5) is 24.6. The fraction of sp³-hybridized carbons (Fsp3) is 0.565. The van der Waals surface area contributed by atoms with Crippen LogP contribution in [0.25, 0.3) is 0 Å². The molecule has 0 aliphatic heterocycles. The summed E-state index contributed by atoms with van der Waals surface area (Å²) >= 11 is 0. The van der Waals surface area contributed by atoms with Crippen molar-refractivity contribution in [3.63, 3.8) is 0 Å². The molecule has 2 amide bonds. The number of allylic oxidation sites excluding steroid dienone is 1. The summed E-state index contributed by atoms with van der Waals surface area (Å²) in [5, 5.41) is 5.84. The van der Waals surface area contributed by atoms with Crippen LogP contribution in [0.5, 0.6) is 0 Å². The Hall–Kier alpha value is -2.21. The van der Waals surface area contributed by atoms with Gasteiger partial charge in [0.25, 0.3) is 5.91 Å². The molecule has 160 valence electrons. The second-order valence-electron chi connectivity index (χ2n) is 8.18. The van der Waals surface area contributed by atoms with Gasteiger partial charge in [-0.25, -0.2) is 4.39 Å². The number of halogens is 1. The Morgan fingerprint density at radius 1 is 1.28 bits per heavy atom. The zero-order chi connectivity index (χ0) is 21.4. The molecule has 0 fully saturated rings. The summed E-state index contributed by atoms with van der Waals surface area (Å²) in [6, 6.07) is 5.71. The van der Waals surface area contributed by atoms with Crippen LogP contribution in [0.1, 0.15) is 44.0 Å². The van der Waals surface area contributed by atoms with E-state index in [1.54, 1.807) is 13.2 Å². The van der Waals surface area contributed by atoms with Gasteiger partial charge in [0.2, 0.25) is 5.91 Å². The minimum atomic E-state index is -0.419. The van der Waals surface area contributed by atoms with Gasteiger partial charge >= 0.3 is 0 Å². The molecule has 5 nitrogen and oxygen atoms in total. The molecule has 29 heavy (non-hydrogen) atoms. The van der Waals surface area contributed by atoms with E-state index in [-0.39, 0.29) is 23.7 Å². The Bertz CT molecular complexity index is 733. The molecular formula is C23H33FN2O3. The molecule has 0 saturated heterocycles. The Balaban J connectivity index is 1.99. The van der Waals surface area contributed by atoms with Gasteiger partial charge in [-0.15, -0.1) is 0 Å². The molecule has 1 aromatic carbocycles. The van der Waals surface area contributed by atoms with Gasteiger partial charge in [0.15, 0.2) is 0 Å². The van der Waals surface area contributed by atoms with E-state index in [9.17, 15) is 14.0 Å². The van der Waals surface area contributed by atoms with Crippen molar-refractivity contribution < 1.29 is 18.7 Å². The number of benzene rings is 1. The number of rotatable bonds is 9. The number of carbonyl (C=O) groups excluding carboxylic acids is 2. The van der Waals surface area contributed by atoms with Crippen LogP contribution in [-0.2, 0) is 9.53 Å². The third-order valence-electron chi connectivity index (χ3n) is 5.73. The fourth-order valence-corrected chi connectivity index (χ4v) is 4.04. The average Bonchev–Trinajstić information content (AvgIpc) is 2.67. The zero-order valence-corrected chi connectivity index (χ0v) is 17.8. The van der Waals surface area contributed by atoms with Gasteiger partial charge < -0.3 is 15.4 Å². The van der Waals surface area contributed by atoms with Gasteiger partial charge in [-0.1, -0.05) is 31.6 Å². The SMILES string of the molecule is COCCNC(=O)C[C@@H]1C[C@@H](C(C)C)[C@H](CNC(=O)c2cccc(F)c2)C=C1C. The van der Waals surface area contributed by atoms with E-state index in [4.69, 9.17) is 4.74 Å². The highest BCUT2D eigenvalue weighted by Gasteiger charge is 2.32. The molecule has 6 heteroatoms. The topological polar surface area (TPSA) is 67.4 Å². The lowest BCUT2D eigenvalue weighted by atomic mass is 9.69. The van der Waals surface area contributed by atoms with E-state index in [1.807, 2.05) is 0 Å². The Labute approximate surface area is 173 Å². The van der Waals surface area contributed by atoms with Crippen LogP contribution in [0, 0.1) is 29.5 Å². The Morgan fingerprint density at radius 2 is 2.03 bits per heavy atom. The van der Waals surface area contributed by atoms with Crippen molar-refractivity contribution in [2.24, 2.45) is 23.7 Å². The van der Waals surface area contributed by atoms with Crippen molar-refractivity contribution in [3.05, 3.63) is 47.3 Å². The fourth-order valence-electron chi connectivity index (χ4n) is 4.04. The maximum atomic E-state index is 13.4. The monoisotopic (exact) mass is 404 g/mol. The number of carbonyl (C=O) groups is 2. The van der Waals surface area contributed by atoms with Crippen LogP contribution in [-0.4, -0.2) is 38.6 Å². The van der Waals surface area contributed by atoms with Crippen molar-refractivity contribution in [2.45, 2.75) is 33.6 Å². The zero-order valence-electron chi connectivity index (χ0n) is 17.8. The van der Waals surface area contributed by atoms with E-state index < -0.39 is 5.82 Å². The molecular weight excluding hydrogens is 371 g/mol. The lowest BCUT2D eigenvalue weighted by Gasteiger charge is -2.37. The second-order valence-corrected chi connectivity index (χ2v) is 8.18. The minimum absolute atomic E-state index is 0.0418. The van der Waals surface area contributed by atoms with Gasteiger partial charge in [0.1, 0.15) is 5.82 Å². The molecule has 0 aromatic heterocycles. The highest BCUT2D eigenvalue weighted by Crippen LogP contribution is 2.38. The van der Waals surface area contributed by atoms with Gasteiger partial charge in [0.05, 0.1) is 6.61 Å². The number of amides is 2. The van der Waals surface area contributed by atoms with E-state index in [0.717, 1.165) is 6.42 Å². The summed E-state index contributed by atoms with van der Waals surface area (Å²) < 4.78 is 18.3. The Kier molecular flexibility index (Phi) is 8.83. The summed E-state index contributed by atoms with van der Waals surface area (Å²) in [6.45, 7) is 7.94. The van der Waals surface area contributed by atoms with Crippen molar-refractivity contribution >= 4 is 11.8 Å². The third-order valence-corrected chi connectivity index (χ3v) is 5.73. The lowest BCUT2D eigenvalue weighted by molar-refractivity contribution is -0.122. The van der Waals surface area contributed by atoms with Crippen molar-refractivity contribution in [3.8, 4) is 0 Å². The average molecular weight is 405 g/mol. The van der Waals surface area contributed by atoms with Crippen LogP contribution < -0.4 is 10.6 Å². The number of hydrogen-bond acceptors (Lipinski definition) is 3. The van der Waals surface area contributed by atoms with Gasteiger partial charge in [-0.2, -0.15) is 0 Å². The predicted octanol–water partition coefficient (Wildman–Crippen LogP) is 3.56. The summed E-state index contributed by atoms with van der Waals surface area (Å²) in [5.41, 5.74) is 1.52. The summed E-state index contributed by atoms with van der Waals surface area (Å²) in [5.74, 6) is 0.550. The van der Waals surface area contributed by atoms with E-state index in [0.29, 0.717) is 43.5 Å². The van der Waals surface area contributed by atoms with Crippen LogP contribution in [0.3, 0.4) is 0 Å². The molecule has 0 heterocycles. The molecule has 2 rings (SSSR count). The highest BCUT2D eigenvalue weighted by atomic mass is 19.1. The lowest BCUT2D eigenvalue weighted by Crippen LogP contribution is -2.38. The molecule has 1 aromatic rings. The molecule has 0 saturated carbocycles. The molecule has 1 aliphatic rings. The highest BCUT2D eigenvalue weighted by molar-refractivity contribution is 5.94. The Morgan fingerprint density at radius 3 is 2.69 bits per heavy atom. The second kappa shape index (κ2) is 11.1. The first kappa shape index (κ1) is 23.1. The maximum absolute atomic E-state index is 13.4. The maximum Gasteiger partial charge on any atom is 0.251 e. The van der Waals surface area contributed by atoms with Crippen molar-refractivity contribution in [1.82, 2.24) is 10.6 Å². The van der Waals surface area contributed by atoms with Crippen molar-refractivity contribution in [1.29, 1.82) is 0 Å². The van der Waals surface area contributed by atoms with Crippen LogP contribution in [0.15, 0.2) is 35.9 Å². The van der Waals surface area contributed by atoms with Gasteiger partial charge in [-0.3, -0.25) is 9.59 Å². The smallest absolute Gasteiger partial charge is 0.251 e. The van der Waals surface area contributed by atoms with Crippen LogP contribution in [0.4, 0.5) is 4.39 Å². The van der Waals surface area contributed by atoms with Gasteiger partial charge in [0, 0.05) is 32.2 Å². The third kappa shape index (κ3) is 6.96. The van der Waals surface area contributed by atoms with E-state index >= 15 is 0 Å². The number of nitrogens with one attached hydrogen (secondary N) is 2. The van der Waals surface area contributed by atoms with E-state index in [2.05, 4.69) is 37.5 Å². The first-order valence-electron chi connectivity index (χ1n) is 10.3. The first-order valence-corrected chi connectivity index (χ1v) is 10.3. The molecule has 2 N–H and O–H groups in total. The first-order chi connectivity index (χ1) is 13.8. The normalized spacial score (nSPS) is 21.6. The largest absolute Gasteiger partial charge is 0.383 e. The predicted molar refractivity (Wildman–Crippen MR) is 112 cm³/mol. The van der Waals surface area contributed by atoms with Crippen molar-refractivity contribution in [2.75, 3.05) is 26.8 Å².